The third kappa shape index (κ3) is 3.00. The lowest BCUT2D eigenvalue weighted by Crippen LogP contribution is -2.43. The minimum atomic E-state index is -0.616. The van der Waals surface area contributed by atoms with Crippen molar-refractivity contribution in [3.8, 4) is 11.5 Å². The van der Waals surface area contributed by atoms with Gasteiger partial charge in [-0.15, -0.1) is 11.3 Å². The molecule has 0 fully saturated rings. The number of carbonyl (C=O) groups is 1. The zero-order valence-corrected chi connectivity index (χ0v) is 12.7. The monoisotopic (exact) mass is 304 g/mol. The first-order chi connectivity index (χ1) is 10.1. The highest BCUT2D eigenvalue weighted by atomic mass is 32.1. The van der Waals surface area contributed by atoms with Crippen LogP contribution in [0.2, 0.25) is 0 Å². The van der Waals surface area contributed by atoms with E-state index in [2.05, 4.69) is 10.3 Å². The normalized spacial score (nSPS) is 16.6. The summed E-state index contributed by atoms with van der Waals surface area (Å²) >= 11 is 1.59. The van der Waals surface area contributed by atoms with Gasteiger partial charge >= 0.3 is 0 Å². The van der Waals surface area contributed by atoms with E-state index in [1.54, 1.807) is 17.4 Å². The zero-order chi connectivity index (χ0) is 14.8. The summed E-state index contributed by atoms with van der Waals surface area (Å²) in [6.07, 6.45) is -0.616. The first kappa shape index (κ1) is 13.9. The molecule has 1 aromatic heterocycles. The molecule has 1 aliphatic rings. The smallest absolute Gasteiger partial charge is 0.264 e. The molecule has 1 atom stereocenters. The van der Waals surface area contributed by atoms with Crippen LogP contribution in [-0.4, -0.2) is 23.6 Å². The van der Waals surface area contributed by atoms with Gasteiger partial charge in [-0.25, -0.2) is 4.98 Å². The Kier molecular flexibility index (Phi) is 3.79. The Hall–Kier alpha value is -2.08. The highest BCUT2D eigenvalue weighted by Crippen LogP contribution is 2.30. The van der Waals surface area contributed by atoms with E-state index in [1.165, 1.54) is 0 Å². The number of nitrogens with zero attached hydrogens (tertiary/aromatic N) is 1. The third-order valence-electron chi connectivity index (χ3n) is 3.22. The summed E-state index contributed by atoms with van der Waals surface area (Å²) in [6.45, 7) is 4.60. The molecular weight excluding hydrogens is 288 g/mol. The Bertz CT molecular complexity index is 669. The summed E-state index contributed by atoms with van der Waals surface area (Å²) in [7, 11) is 0. The lowest BCUT2D eigenvalue weighted by Gasteiger charge is -2.25. The van der Waals surface area contributed by atoms with Gasteiger partial charge in [-0.1, -0.05) is 12.1 Å². The summed E-state index contributed by atoms with van der Waals surface area (Å²) < 4.78 is 11.2. The molecule has 0 saturated heterocycles. The lowest BCUT2D eigenvalue weighted by atomic mass is 10.2. The quantitative estimate of drug-likeness (QED) is 0.944. The van der Waals surface area contributed by atoms with Gasteiger partial charge in [0.05, 0.1) is 17.2 Å². The Morgan fingerprint density at radius 2 is 2.14 bits per heavy atom. The fourth-order valence-corrected chi connectivity index (χ4v) is 3.04. The molecule has 21 heavy (non-hydrogen) atoms. The molecule has 1 aromatic carbocycles. The summed E-state index contributed by atoms with van der Waals surface area (Å²) in [5, 5.41) is 3.88. The van der Waals surface area contributed by atoms with Crippen molar-refractivity contribution < 1.29 is 14.3 Å². The Morgan fingerprint density at radius 1 is 1.38 bits per heavy atom. The molecule has 0 bridgehead atoms. The van der Waals surface area contributed by atoms with Gasteiger partial charge in [-0.05, 0) is 26.0 Å². The average Bonchev–Trinajstić information content (AvgIpc) is 2.82. The largest absolute Gasteiger partial charge is 0.485 e. The van der Waals surface area contributed by atoms with E-state index < -0.39 is 6.10 Å². The number of ether oxygens (including phenoxy) is 2. The van der Waals surface area contributed by atoms with Crippen LogP contribution in [0, 0.1) is 13.8 Å². The molecule has 1 unspecified atom stereocenters. The van der Waals surface area contributed by atoms with Crippen molar-refractivity contribution in [2.45, 2.75) is 26.5 Å². The van der Waals surface area contributed by atoms with Crippen LogP contribution in [0.3, 0.4) is 0 Å². The number of carbonyl (C=O) groups excluding carboxylic acids is 1. The number of benzene rings is 1. The molecule has 5 nitrogen and oxygen atoms in total. The second-order valence-electron chi connectivity index (χ2n) is 4.82. The van der Waals surface area contributed by atoms with E-state index in [0.29, 0.717) is 18.0 Å². The Balaban J connectivity index is 1.61. The topological polar surface area (TPSA) is 60.5 Å². The Morgan fingerprint density at radius 3 is 2.86 bits per heavy atom. The zero-order valence-electron chi connectivity index (χ0n) is 11.9. The molecule has 2 heterocycles. The maximum absolute atomic E-state index is 12.2. The number of hydrogen-bond acceptors (Lipinski definition) is 5. The molecule has 110 valence electrons. The van der Waals surface area contributed by atoms with Crippen molar-refractivity contribution in [2.24, 2.45) is 0 Å². The number of aromatic nitrogens is 1. The van der Waals surface area contributed by atoms with Crippen LogP contribution in [0.1, 0.15) is 15.6 Å². The van der Waals surface area contributed by atoms with Gasteiger partial charge < -0.3 is 14.8 Å². The first-order valence-corrected chi connectivity index (χ1v) is 7.54. The number of aryl methyl sites for hydroxylation is 2. The van der Waals surface area contributed by atoms with Gasteiger partial charge in [-0.2, -0.15) is 0 Å². The van der Waals surface area contributed by atoms with E-state index in [1.807, 2.05) is 32.0 Å². The van der Waals surface area contributed by atoms with Crippen molar-refractivity contribution in [3.63, 3.8) is 0 Å². The van der Waals surface area contributed by atoms with E-state index >= 15 is 0 Å². The van der Waals surface area contributed by atoms with Crippen molar-refractivity contribution in [1.29, 1.82) is 0 Å². The van der Waals surface area contributed by atoms with E-state index in [4.69, 9.17) is 9.47 Å². The van der Waals surface area contributed by atoms with E-state index in [0.717, 1.165) is 15.6 Å². The minimum absolute atomic E-state index is 0.171. The predicted octanol–water partition coefficient (Wildman–Crippen LogP) is 2.22. The SMILES string of the molecule is Cc1nc(C)c(CNC(=O)C2COc3ccccc3O2)s1. The van der Waals surface area contributed by atoms with Crippen LogP contribution in [-0.2, 0) is 11.3 Å². The number of amides is 1. The Labute approximate surface area is 126 Å². The molecule has 6 heteroatoms. The van der Waals surface area contributed by atoms with Crippen LogP contribution in [0.25, 0.3) is 0 Å². The number of fused-ring (bicyclic) bond motifs is 1. The molecular formula is C15H16N2O3S. The van der Waals surface area contributed by atoms with Crippen LogP contribution in [0.4, 0.5) is 0 Å². The first-order valence-electron chi connectivity index (χ1n) is 6.72. The lowest BCUT2D eigenvalue weighted by molar-refractivity contribution is -0.130. The van der Waals surface area contributed by atoms with Crippen LogP contribution in [0.5, 0.6) is 11.5 Å². The summed E-state index contributed by atoms with van der Waals surface area (Å²) in [5.41, 5.74) is 0.962. The minimum Gasteiger partial charge on any atom is -0.485 e. The average molecular weight is 304 g/mol. The number of para-hydroxylation sites is 2. The van der Waals surface area contributed by atoms with Crippen molar-refractivity contribution in [1.82, 2.24) is 10.3 Å². The van der Waals surface area contributed by atoms with Crippen LogP contribution >= 0.6 is 11.3 Å². The highest BCUT2D eigenvalue weighted by molar-refractivity contribution is 7.11. The molecule has 0 spiro atoms. The second kappa shape index (κ2) is 5.73. The molecule has 3 rings (SSSR count). The standard InChI is InChI=1S/C15H16N2O3S/c1-9-14(21-10(2)17-9)7-16-15(18)13-8-19-11-5-3-4-6-12(11)20-13/h3-6,13H,7-8H2,1-2H3,(H,16,18). The van der Waals surface area contributed by atoms with Gasteiger partial charge in [0.1, 0.15) is 6.61 Å². The maximum atomic E-state index is 12.2. The summed E-state index contributed by atoms with van der Waals surface area (Å²) in [5.74, 6) is 1.11. The molecule has 1 amide bonds. The third-order valence-corrected chi connectivity index (χ3v) is 4.30. The molecule has 1 N–H and O–H groups in total. The van der Waals surface area contributed by atoms with E-state index in [9.17, 15) is 4.79 Å². The second-order valence-corrected chi connectivity index (χ2v) is 6.11. The highest BCUT2D eigenvalue weighted by Gasteiger charge is 2.27. The summed E-state index contributed by atoms with van der Waals surface area (Å²) in [4.78, 5) is 17.6. The molecule has 0 radical (unpaired) electrons. The number of hydrogen-bond donors (Lipinski definition) is 1. The van der Waals surface area contributed by atoms with Crippen LogP contribution in [0.15, 0.2) is 24.3 Å². The van der Waals surface area contributed by atoms with Gasteiger partial charge in [0.25, 0.3) is 5.91 Å². The maximum Gasteiger partial charge on any atom is 0.264 e. The number of nitrogens with one attached hydrogen (secondary N) is 1. The van der Waals surface area contributed by atoms with Gasteiger partial charge in [0, 0.05) is 4.88 Å². The van der Waals surface area contributed by atoms with Gasteiger partial charge in [0.2, 0.25) is 6.10 Å². The van der Waals surface area contributed by atoms with Crippen LogP contribution < -0.4 is 14.8 Å². The van der Waals surface area contributed by atoms with Crippen molar-refractivity contribution in [3.05, 3.63) is 39.8 Å². The number of rotatable bonds is 3. The van der Waals surface area contributed by atoms with Gasteiger partial charge in [-0.3, -0.25) is 4.79 Å². The fraction of sp³-hybridized carbons (Fsp3) is 0.333. The van der Waals surface area contributed by atoms with E-state index in [-0.39, 0.29) is 12.5 Å². The van der Waals surface area contributed by atoms with Crippen molar-refractivity contribution >= 4 is 17.2 Å². The molecule has 2 aromatic rings. The van der Waals surface area contributed by atoms with Gasteiger partial charge in [0.15, 0.2) is 11.5 Å². The molecule has 1 aliphatic heterocycles. The molecule has 0 aliphatic carbocycles. The molecule has 0 saturated carbocycles. The number of thiazole rings is 1. The summed E-state index contributed by atoms with van der Waals surface area (Å²) in [6, 6.07) is 7.35. The predicted molar refractivity (Wildman–Crippen MR) is 79.8 cm³/mol. The fourth-order valence-electron chi connectivity index (χ4n) is 2.17. The van der Waals surface area contributed by atoms with Crippen molar-refractivity contribution in [2.75, 3.05) is 6.61 Å².